The van der Waals surface area contributed by atoms with Gasteiger partial charge in [0, 0.05) is 23.1 Å². The molecule has 3 rings (SSSR count). The standard InChI is InChI=1S/C17H15NO8S/c1-3-23-16-14-13(12(8-27-16)26-17(20)24-4-2)10-7-9(18(21)22)5-6-11(10)25-15(14)19/h5-8,13H,3-4H2,1-2H3. The summed E-state index contributed by atoms with van der Waals surface area (Å²) < 4.78 is 20.8. The molecule has 0 bridgehead atoms. The molecule has 0 amide bonds. The number of nitro benzene ring substituents is 1. The molecule has 0 aliphatic carbocycles. The minimum absolute atomic E-state index is 0.107. The van der Waals surface area contributed by atoms with E-state index >= 15 is 0 Å². The van der Waals surface area contributed by atoms with Crippen LogP contribution in [0.4, 0.5) is 10.5 Å². The normalized spacial score (nSPS) is 17.9. The number of hydrogen-bond acceptors (Lipinski definition) is 9. The van der Waals surface area contributed by atoms with Gasteiger partial charge in [0.1, 0.15) is 17.1 Å². The number of thioether (sulfide) groups is 1. The minimum Gasteiger partial charge on any atom is -0.487 e. The Hall–Kier alpha value is -3.01. The Balaban J connectivity index is 2.11. The van der Waals surface area contributed by atoms with E-state index in [9.17, 15) is 19.7 Å². The van der Waals surface area contributed by atoms with Crippen molar-refractivity contribution >= 4 is 29.6 Å². The molecule has 0 aromatic heterocycles. The van der Waals surface area contributed by atoms with E-state index in [0.717, 1.165) is 11.8 Å². The molecule has 0 fully saturated rings. The van der Waals surface area contributed by atoms with E-state index in [1.165, 1.54) is 23.6 Å². The topological polar surface area (TPSA) is 114 Å². The predicted octanol–water partition coefficient (Wildman–Crippen LogP) is 3.61. The summed E-state index contributed by atoms with van der Waals surface area (Å²) in [4.78, 5) is 34.9. The number of ether oxygens (including phenoxy) is 4. The van der Waals surface area contributed by atoms with Crippen LogP contribution in [0.15, 0.2) is 40.0 Å². The third-order valence-corrected chi connectivity index (χ3v) is 4.65. The van der Waals surface area contributed by atoms with Crippen molar-refractivity contribution in [2.75, 3.05) is 13.2 Å². The summed E-state index contributed by atoms with van der Waals surface area (Å²) in [6.45, 7) is 3.79. The van der Waals surface area contributed by atoms with E-state index in [1.807, 2.05) is 0 Å². The first-order valence-electron chi connectivity index (χ1n) is 8.05. The fraction of sp³-hybridized carbons (Fsp3) is 0.294. The van der Waals surface area contributed by atoms with E-state index in [4.69, 9.17) is 18.9 Å². The largest absolute Gasteiger partial charge is 0.513 e. The van der Waals surface area contributed by atoms with Crippen molar-refractivity contribution in [2.24, 2.45) is 0 Å². The lowest BCUT2D eigenvalue weighted by Gasteiger charge is -2.31. The van der Waals surface area contributed by atoms with Crippen LogP contribution in [0, 0.1) is 10.1 Å². The van der Waals surface area contributed by atoms with Crippen molar-refractivity contribution in [1.82, 2.24) is 0 Å². The Kier molecular flexibility index (Phi) is 5.36. The molecule has 1 atom stereocenters. The van der Waals surface area contributed by atoms with E-state index < -0.39 is 23.0 Å². The Morgan fingerprint density at radius 1 is 1.33 bits per heavy atom. The van der Waals surface area contributed by atoms with Crippen molar-refractivity contribution < 1.29 is 33.5 Å². The molecule has 0 saturated heterocycles. The Morgan fingerprint density at radius 2 is 2.11 bits per heavy atom. The van der Waals surface area contributed by atoms with Gasteiger partial charge in [-0.2, -0.15) is 0 Å². The van der Waals surface area contributed by atoms with Crippen LogP contribution in [0.2, 0.25) is 0 Å². The minimum atomic E-state index is -0.936. The number of esters is 1. The van der Waals surface area contributed by atoms with Gasteiger partial charge in [-0.25, -0.2) is 9.59 Å². The highest BCUT2D eigenvalue weighted by Gasteiger charge is 2.43. The fourth-order valence-electron chi connectivity index (χ4n) is 2.71. The van der Waals surface area contributed by atoms with Crippen LogP contribution >= 0.6 is 11.8 Å². The number of benzene rings is 1. The molecule has 0 N–H and O–H groups in total. The summed E-state index contributed by atoms with van der Waals surface area (Å²) in [7, 11) is 0. The fourth-order valence-corrected chi connectivity index (χ4v) is 3.63. The zero-order valence-electron chi connectivity index (χ0n) is 14.4. The molecule has 10 heteroatoms. The second kappa shape index (κ2) is 7.70. The van der Waals surface area contributed by atoms with Crippen molar-refractivity contribution in [3.05, 3.63) is 55.7 Å². The van der Waals surface area contributed by atoms with Crippen LogP contribution in [0.25, 0.3) is 0 Å². The molecule has 2 aliphatic heterocycles. The number of carbonyl (C=O) groups excluding carboxylic acids is 2. The lowest BCUT2D eigenvalue weighted by Crippen LogP contribution is -2.29. The molecule has 1 aromatic rings. The van der Waals surface area contributed by atoms with Gasteiger partial charge >= 0.3 is 12.1 Å². The van der Waals surface area contributed by atoms with Crippen LogP contribution in [0.1, 0.15) is 25.3 Å². The first kappa shape index (κ1) is 18.8. The lowest BCUT2D eigenvalue weighted by atomic mass is 9.87. The van der Waals surface area contributed by atoms with Crippen molar-refractivity contribution in [1.29, 1.82) is 0 Å². The van der Waals surface area contributed by atoms with Crippen LogP contribution < -0.4 is 4.74 Å². The van der Waals surface area contributed by atoms with Crippen LogP contribution in [-0.4, -0.2) is 30.3 Å². The number of rotatable bonds is 5. The molecule has 27 heavy (non-hydrogen) atoms. The van der Waals surface area contributed by atoms with Gasteiger partial charge in [-0.1, -0.05) is 11.8 Å². The second-order valence-electron chi connectivity index (χ2n) is 5.36. The highest BCUT2D eigenvalue weighted by molar-refractivity contribution is 8.05. The van der Waals surface area contributed by atoms with E-state index in [2.05, 4.69) is 0 Å². The molecule has 0 spiro atoms. The van der Waals surface area contributed by atoms with Gasteiger partial charge in [0.05, 0.1) is 24.1 Å². The van der Waals surface area contributed by atoms with E-state index in [1.54, 1.807) is 13.8 Å². The van der Waals surface area contributed by atoms with Crippen LogP contribution in [-0.2, 0) is 19.0 Å². The maximum absolute atomic E-state index is 12.5. The molecule has 0 radical (unpaired) electrons. The molecule has 2 heterocycles. The molecule has 1 aromatic carbocycles. The van der Waals surface area contributed by atoms with Gasteiger partial charge in [-0.05, 0) is 19.9 Å². The average molecular weight is 393 g/mol. The molecule has 2 aliphatic rings. The molecule has 0 saturated carbocycles. The van der Waals surface area contributed by atoms with E-state index in [-0.39, 0.29) is 29.4 Å². The number of hydrogen-bond donors (Lipinski definition) is 0. The number of non-ortho nitro benzene ring substituents is 1. The number of allylic oxidation sites excluding steroid dienone is 1. The quantitative estimate of drug-likeness (QED) is 0.320. The lowest BCUT2D eigenvalue weighted by molar-refractivity contribution is -0.385. The number of fused-ring (bicyclic) bond motifs is 3. The number of nitro groups is 1. The predicted molar refractivity (Wildman–Crippen MR) is 93.9 cm³/mol. The average Bonchev–Trinajstić information content (AvgIpc) is 2.63. The second-order valence-corrected chi connectivity index (χ2v) is 6.20. The van der Waals surface area contributed by atoms with Gasteiger partial charge in [0.15, 0.2) is 5.09 Å². The first-order chi connectivity index (χ1) is 13.0. The maximum Gasteiger partial charge on any atom is 0.513 e. The van der Waals surface area contributed by atoms with Gasteiger partial charge in [-0.15, -0.1) is 0 Å². The maximum atomic E-state index is 12.5. The van der Waals surface area contributed by atoms with Crippen molar-refractivity contribution in [3.8, 4) is 5.75 Å². The summed E-state index contributed by atoms with van der Waals surface area (Å²) >= 11 is 1.06. The molecule has 1 unspecified atom stereocenters. The summed E-state index contributed by atoms with van der Waals surface area (Å²) in [6.07, 6.45) is -0.936. The van der Waals surface area contributed by atoms with Crippen molar-refractivity contribution in [2.45, 2.75) is 19.8 Å². The summed E-state index contributed by atoms with van der Waals surface area (Å²) in [6, 6.07) is 3.86. The number of nitrogens with zero attached hydrogens (tertiary/aromatic N) is 1. The zero-order valence-corrected chi connectivity index (χ0v) is 15.2. The molecule has 142 valence electrons. The van der Waals surface area contributed by atoms with Crippen molar-refractivity contribution in [3.63, 3.8) is 0 Å². The molecular weight excluding hydrogens is 378 g/mol. The number of carbonyl (C=O) groups is 2. The smallest absolute Gasteiger partial charge is 0.487 e. The van der Waals surface area contributed by atoms with E-state index in [0.29, 0.717) is 17.3 Å². The van der Waals surface area contributed by atoms with Crippen LogP contribution in [0.3, 0.4) is 0 Å². The summed E-state index contributed by atoms with van der Waals surface area (Å²) in [5.74, 6) is -1.29. The van der Waals surface area contributed by atoms with Crippen LogP contribution in [0.5, 0.6) is 5.75 Å². The van der Waals surface area contributed by atoms with Gasteiger partial charge in [0.25, 0.3) is 5.69 Å². The monoisotopic (exact) mass is 393 g/mol. The third kappa shape index (κ3) is 3.61. The zero-order chi connectivity index (χ0) is 19.6. The van der Waals surface area contributed by atoms with Gasteiger partial charge < -0.3 is 18.9 Å². The molecular formula is C17H15NO8S. The highest BCUT2D eigenvalue weighted by atomic mass is 32.2. The van der Waals surface area contributed by atoms with Gasteiger partial charge in [-0.3, -0.25) is 10.1 Å². The third-order valence-electron chi connectivity index (χ3n) is 3.75. The summed E-state index contributed by atoms with van der Waals surface area (Å²) in [5.41, 5.74) is 0.265. The Bertz CT molecular complexity index is 876. The Labute approximate surface area is 158 Å². The SMILES string of the molecule is CCOC(=O)OC1=CSC(OCC)=C2C(=O)Oc3ccc([N+](=O)[O-])cc3C12. The van der Waals surface area contributed by atoms with Gasteiger partial charge in [0.2, 0.25) is 0 Å². The summed E-state index contributed by atoms with van der Waals surface area (Å²) in [5, 5.41) is 13.0. The molecule has 9 nitrogen and oxygen atoms in total. The first-order valence-corrected chi connectivity index (χ1v) is 8.93. The Morgan fingerprint density at radius 3 is 2.78 bits per heavy atom. The highest BCUT2D eigenvalue weighted by Crippen LogP contribution is 2.50.